The third-order valence-electron chi connectivity index (χ3n) is 3.97. The van der Waals surface area contributed by atoms with Crippen molar-refractivity contribution in [1.29, 1.82) is 0 Å². The Kier molecular flexibility index (Phi) is 6.84. The number of nitrogens with zero attached hydrogens (tertiary/aromatic N) is 1. The van der Waals surface area contributed by atoms with Gasteiger partial charge in [0.2, 0.25) is 0 Å². The highest BCUT2D eigenvalue weighted by atomic mass is 35.5. The second-order valence-electron chi connectivity index (χ2n) is 5.68. The molecular weight excluding hydrogens is 381 g/mol. The first kappa shape index (κ1) is 19.7. The Morgan fingerprint density at radius 1 is 1.36 bits per heavy atom. The normalized spacial score (nSPS) is 16.9. The summed E-state index contributed by atoms with van der Waals surface area (Å²) in [5.74, 6) is -0.278. The van der Waals surface area contributed by atoms with Gasteiger partial charge in [-0.05, 0) is 36.6 Å². The number of hydrogen-bond acceptors (Lipinski definition) is 4. The Morgan fingerprint density at radius 2 is 2.16 bits per heavy atom. The quantitative estimate of drug-likeness (QED) is 0.829. The SMILES string of the molecule is C[C@@H]1CNCCN1C(=O)c1ccc(Cl)c(NC(=O)c2cccs2)c1.Cl. The van der Waals surface area contributed by atoms with Crippen molar-refractivity contribution in [2.75, 3.05) is 25.0 Å². The zero-order valence-electron chi connectivity index (χ0n) is 13.6. The van der Waals surface area contributed by atoms with Gasteiger partial charge in [0.15, 0.2) is 0 Å². The van der Waals surface area contributed by atoms with Crippen molar-refractivity contribution in [2.24, 2.45) is 0 Å². The molecule has 8 heteroatoms. The molecule has 25 heavy (non-hydrogen) atoms. The second kappa shape index (κ2) is 8.67. The van der Waals surface area contributed by atoms with Crippen LogP contribution in [0.25, 0.3) is 0 Å². The number of halogens is 2. The number of amides is 2. The standard InChI is InChI=1S/C17H18ClN3O2S.ClH/c1-11-10-19-6-7-21(11)17(23)12-4-5-13(18)14(9-12)20-16(22)15-3-2-8-24-15;/h2-5,8-9,11,19H,6-7,10H2,1H3,(H,20,22);1H/t11-;/m1./s1. The summed E-state index contributed by atoms with van der Waals surface area (Å²) in [5.41, 5.74) is 0.971. The van der Waals surface area contributed by atoms with E-state index in [1.54, 1.807) is 24.3 Å². The van der Waals surface area contributed by atoms with Crippen molar-refractivity contribution >= 4 is 52.8 Å². The molecule has 1 aromatic heterocycles. The number of nitrogens with one attached hydrogen (secondary N) is 2. The van der Waals surface area contributed by atoms with Crippen LogP contribution in [-0.4, -0.2) is 42.4 Å². The Labute approximate surface area is 161 Å². The summed E-state index contributed by atoms with van der Waals surface area (Å²) in [4.78, 5) is 27.4. The molecule has 0 unspecified atom stereocenters. The smallest absolute Gasteiger partial charge is 0.265 e. The summed E-state index contributed by atoms with van der Waals surface area (Å²) in [6.07, 6.45) is 0. The number of rotatable bonds is 3. The van der Waals surface area contributed by atoms with E-state index in [0.29, 0.717) is 27.7 Å². The summed E-state index contributed by atoms with van der Waals surface area (Å²) in [7, 11) is 0. The molecule has 0 radical (unpaired) electrons. The number of piperazine rings is 1. The van der Waals surface area contributed by atoms with E-state index in [2.05, 4.69) is 10.6 Å². The summed E-state index contributed by atoms with van der Waals surface area (Å²) in [5, 5.41) is 8.28. The minimum atomic E-state index is -0.230. The van der Waals surface area contributed by atoms with Crippen molar-refractivity contribution in [1.82, 2.24) is 10.2 Å². The molecule has 1 aromatic carbocycles. The molecule has 0 saturated carbocycles. The molecule has 1 saturated heterocycles. The molecule has 134 valence electrons. The number of hydrogen-bond donors (Lipinski definition) is 2. The molecule has 2 amide bonds. The lowest BCUT2D eigenvalue weighted by molar-refractivity contribution is 0.0655. The van der Waals surface area contributed by atoms with Crippen molar-refractivity contribution in [3.05, 3.63) is 51.2 Å². The van der Waals surface area contributed by atoms with Crippen molar-refractivity contribution in [2.45, 2.75) is 13.0 Å². The molecule has 1 atom stereocenters. The topological polar surface area (TPSA) is 61.4 Å². The predicted octanol–water partition coefficient (Wildman–Crippen LogP) is 3.51. The lowest BCUT2D eigenvalue weighted by atomic mass is 10.1. The second-order valence-corrected chi connectivity index (χ2v) is 7.03. The Hall–Kier alpha value is -1.60. The van der Waals surface area contributed by atoms with E-state index in [9.17, 15) is 9.59 Å². The highest BCUT2D eigenvalue weighted by Gasteiger charge is 2.24. The first-order valence-electron chi connectivity index (χ1n) is 7.72. The maximum Gasteiger partial charge on any atom is 0.265 e. The minimum Gasteiger partial charge on any atom is -0.333 e. The van der Waals surface area contributed by atoms with E-state index in [-0.39, 0.29) is 30.3 Å². The first-order valence-corrected chi connectivity index (χ1v) is 8.98. The Balaban J connectivity index is 0.00000225. The largest absolute Gasteiger partial charge is 0.333 e. The summed E-state index contributed by atoms with van der Waals surface area (Å²) >= 11 is 7.53. The fraction of sp³-hybridized carbons (Fsp3) is 0.294. The van der Waals surface area contributed by atoms with Gasteiger partial charge in [0, 0.05) is 31.2 Å². The molecule has 0 aliphatic carbocycles. The van der Waals surface area contributed by atoms with Crippen LogP contribution >= 0.6 is 35.3 Å². The van der Waals surface area contributed by atoms with Crippen molar-refractivity contribution in [3.63, 3.8) is 0 Å². The number of carbonyl (C=O) groups excluding carboxylic acids is 2. The minimum absolute atomic E-state index is 0. The molecule has 1 aliphatic heterocycles. The number of anilines is 1. The van der Waals surface area contributed by atoms with E-state index >= 15 is 0 Å². The Bertz CT molecular complexity index is 752. The molecule has 2 aromatic rings. The summed E-state index contributed by atoms with van der Waals surface area (Å²) in [6, 6.07) is 8.67. The van der Waals surface area contributed by atoms with Crippen molar-refractivity contribution < 1.29 is 9.59 Å². The fourth-order valence-electron chi connectivity index (χ4n) is 2.65. The van der Waals surface area contributed by atoms with Gasteiger partial charge in [0.25, 0.3) is 11.8 Å². The van der Waals surface area contributed by atoms with Gasteiger partial charge >= 0.3 is 0 Å². The fourth-order valence-corrected chi connectivity index (χ4v) is 3.44. The molecule has 1 aliphatic rings. The van der Waals surface area contributed by atoms with Gasteiger partial charge < -0.3 is 15.5 Å². The highest BCUT2D eigenvalue weighted by molar-refractivity contribution is 7.12. The lowest BCUT2D eigenvalue weighted by Crippen LogP contribution is -2.52. The molecule has 2 N–H and O–H groups in total. The van der Waals surface area contributed by atoms with Crippen LogP contribution in [-0.2, 0) is 0 Å². The average molecular weight is 400 g/mol. The zero-order valence-corrected chi connectivity index (χ0v) is 16.0. The molecule has 1 fully saturated rings. The van der Waals surface area contributed by atoms with Gasteiger partial charge in [-0.15, -0.1) is 23.7 Å². The van der Waals surface area contributed by atoms with Gasteiger partial charge in [-0.25, -0.2) is 0 Å². The monoisotopic (exact) mass is 399 g/mol. The molecule has 0 bridgehead atoms. The van der Waals surface area contributed by atoms with Crippen LogP contribution in [0.3, 0.4) is 0 Å². The zero-order chi connectivity index (χ0) is 17.1. The van der Waals surface area contributed by atoms with Crippen LogP contribution in [0.4, 0.5) is 5.69 Å². The summed E-state index contributed by atoms with van der Waals surface area (Å²) < 4.78 is 0. The predicted molar refractivity (Wildman–Crippen MR) is 104 cm³/mol. The molecule has 0 spiro atoms. The van der Waals surface area contributed by atoms with Gasteiger partial charge in [0.1, 0.15) is 0 Å². The van der Waals surface area contributed by atoms with E-state index in [0.717, 1.165) is 13.1 Å². The maximum atomic E-state index is 12.7. The number of carbonyl (C=O) groups is 2. The van der Waals surface area contributed by atoms with Gasteiger partial charge in [-0.1, -0.05) is 17.7 Å². The van der Waals surface area contributed by atoms with Crippen LogP contribution in [0.15, 0.2) is 35.7 Å². The molecular formula is C17H19Cl2N3O2S. The van der Waals surface area contributed by atoms with Crippen LogP contribution in [0.1, 0.15) is 27.0 Å². The molecule has 2 heterocycles. The lowest BCUT2D eigenvalue weighted by Gasteiger charge is -2.34. The molecule has 5 nitrogen and oxygen atoms in total. The third-order valence-corrected chi connectivity index (χ3v) is 5.17. The van der Waals surface area contributed by atoms with Crippen LogP contribution in [0, 0.1) is 0 Å². The maximum absolute atomic E-state index is 12.7. The van der Waals surface area contributed by atoms with E-state index in [4.69, 9.17) is 11.6 Å². The first-order chi connectivity index (χ1) is 11.6. The Morgan fingerprint density at radius 3 is 2.84 bits per heavy atom. The molecule has 3 rings (SSSR count). The average Bonchev–Trinajstić information content (AvgIpc) is 3.11. The number of benzene rings is 1. The number of thiophene rings is 1. The third kappa shape index (κ3) is 4.52. The van der Waals surface area contributed by atoms with Crippen LogP contribution in [0.2, 0.25) is 5.02 Å². The van der Waals surface area contributed by atoms with Crippen molar-refractivity contribution in [3.8, 4) is 0 Å². The van der Waals surface area contributed by atoms with Crippen LogP contribution < -0.4 is 10.6 Å². The highest BCUT2D eigenvalue weighted by Crippen LogP contribution is 2.25. The van der Waals surface area contributed by atoms with E-state index in [1.807, 2.05) is 23.3 Å². The van der Waals surface area contributed by atoms with Gasteiger partial charge in [-0.3, -0.25) is 9.59 Å². The van der Waals surface area contributed by atoms with Gasteiger partial charge in [0.05, 0.1) is 15.6 Å². The van der Waals surface area contributed by atoms with Gasteiger partial charge in [-0.2, -0.15) is 0 Å². The van der Waals surface area contributed by atoms with E-state index < -0.39 is 0 Å². The van der Waals surface area contributed by atoms with E-state index in [1.165, 1.54) is 11.3 Å². The summed E-state index contributed by atoms with van der Waals surface area (Å²) in [6.45, 7) is 4.24. The van der Waals surface area contributed by atoms with Crippen LogP contribution in [0.5, 0.6) is 0 Å².